The Kier molecular flexibility index (Phi) is 5.48. The Bertz CT molecular complexity index is 433. The van der Waals surface area contributed by atoms with Crippen molar-refractivity contribution in [3.8, 4) is 0 Å². The molecule has 0 fully saturated rings. The summed E-state index contributed by atoms with van der Waals surface area (Å²) in [6.45, 7) is 4.69. The van der Waals surface area contributed by atoms with Gasteiger partial charge in [0.1, 0.15) is 5.15 Å². The molecule has 1 unspecified atom stereocenters. The second-order valence-electron chi connectivity index (χ2n) is 4.29. The quantitative estimate of drug-likeness (QED) is 0.797. The van der Waals surface area contributed by atoms with Gasteiger partial charge in [-0.1, -0.05) is 44.7 Å². The molecule has 1 N–H and O–H groups in total. The van der Waals surface area contributed by atoms with Crippen LogP contribution in [0.15, 0.2) is 15.7 Å². The highest BCUT2D eigenvalue weighted by Gasteiger charge is 2.10. The van der Waals surface area contributed by atoms with Crippen molar-refractivity contribution < 1.29 is 0 Å². The normalized spacial score (nSPS) is 12.6. The molecule has 4 nitrogen and oxygen atoms in total. The van der Waals surface area contributed by atoms with Crippen LogP contribution >= 0.6 is 11.6 Å². The summed E-state index contributed by atoms with van der Waals surface area (Å²) in [6, 6.07) is 1.25. The molecule has 0 aliphatic carbocycles. The number of aromatic amines is 1. The maximum absolute atomic E-state index is 11.6. The van der Waals surface area contributed by atoms with E-state index in [2.05, 4.69) is 18.8 Å². The molecule has 1 aromatic heterocycles. The molecular formula is C12H19ClN2O2. The van der Waals surface area contributed by atoms with Crippen molar-refractivity contribution >= 4 is 11.6 Å². The van der Waals surface area contributed by atoms with Gasteiger partial charge >= 0.3 is 5.69 Å². The maximum atomic E-state index is 11.6. The number of hydrogen-bond donors (Lipinski definition) is 1. The Labute approximate surface area is 106 Å². The minimum Gasteiger partial charge on any atom is -0.298 e. The molecule has 0 saturated carbocycles. The van der Waals surface area contributed by atoms with Gasteiger partial charge in [0.25, 0.3) is 5.56 Å². The maximum Gasteiger partial charge on any atom is 0.329 e. The van der Waals surface area contributed by atoms with E-state index in [1.165, 1.54) is 10.6 Å². The second kappa shape index (κ2) is 6.64. The molecule has 5 heteroatoms. The predicted octanol–water partition coefficient (Wildman–Crippen LogP) is 2.41. The zero-order valence-corrected chi connectivity index (χ0v) is 11.1. The highest BCUT2D eigenvalue weighted by molar-refractivity contribution is 6.29. The third kappa shape index (κ3) is 4.04. The molecule has 0 bridgehead atoms. The van der Waals surface area contributed by atoms with Gasteiger partial charge in [0.05, 0.1) is 0 Å². The zero-order valence-electron chi connectivity index (χ0n) is 10.3. The van der Waals surface area contributed by atoms with Crippen molar-refractivity contribution in [3.05, 3.63) is 32.1 Å². The second-order valence-corrected chi connectivity index (χ2v) is 4.69. The first-order valence-electron chi connectivity index (χ1n) is 6.08. The largest absolute Gasteiger partial charge is 0.329 e. The van der Waals surface area contributed by atoms with Crippen LogP contribution in [-0.4, -0.2) is 9.55 Å². The Morgan fingerprint density at radius 3 is 2.65 bits per heavy atom. The summed E-state index contributed by atoms with van der Waals surface area (Å²) in [6.07, 6.45) is 4.26. The molecular weight excluding hydrogens is 240 g/mol. The smallest absolute Gasteiger partial charge is 0.298 e. The number of aromatic nitrogens is 2. The number of rotatable bonds is 6. The molecule has 96 valence electrons. The summed E-state index contributed by atoms with van der Waals surface area (Å²) in [5.41, 5.74) is -0.744. The molecule has 0 aromatic carbocycles. The van der Waals surface area contributed by atoms with Crippen LogP contribution in [0.4, 0.5) is 0 Å². The van der Waals surface area contributed by atoms with E-state index in [4.69, 9.17) is 11.6 Å². The van der Waals surface area contributed by atoms with Gasteiger partial charge in [-0.3, -0.25) is 14.3 Å². The van der Waals surface area contributed by atoms with Crippen LogP contribution in [0, 0.1) is 5.92 Å². The molecule has 1 atom stereocenters. The van der Waals surface area contributed by atoms with Gasteiger partial charge in [-0.15, -0.1) is 0 Å². The molecule has 1 heterocycles. The zero-order chi connectivity index (χ0) is 12.8. The number of nitrogens with zero attached hydrogens (tertiary/aromatic N) is 1. The summed E-state index contributed by atoms with van der Waals surface area (Å²) in [4.78, 5) is 25.7. The van der Waals surface area contributed by atoms with Gasteiger partial charge in [-0.05, 0) is 12.3 Å². The van der Waals surface area contributed by atoms with Crippen molar-refractivity contribution in [3.63, 3.8) is 0 Å². The van der Waals surface area contributed by atoms with Crippen LogP contribution in [0.5, 0.6) is 0 Å². The van der Waals surface area contributed by atoms with Crippen LogP contribution < -0.4 is 11.2 Å². The fourth-order valence-corrected chi connectivity index (χ4v) is 2.01. The van der Waals surface area contributed by atoms with E-state index in [0.717, 1.165) is 25.7 Å². The van der Waals surface area contributed by atoms with E-state index in [9.17, 15) is 9.59 Å². The van der Waals surface area contributed by atoms with E-state index in [0.29, 0.717) is 12.5 Å². The van der Waals surface area contributed by atoms with Crippen LogP contribution in [0.25, 0.3) is 0 Å². The lowest BCUT2D eigenvalue weighted by Crippen LogP contribution is -2.36. The average molecular weight is 259 g/mol. The molecule has 1 aromatic rings. The van der Waals surface area contributed by atoms with Crippen LogP contribution in [0.1, 0.15) is 39.5 Å². The van der Waals surface area contributed by atoms with Gasteiger partial charge in [0, 0.05) is 12.6 Å². The average Bonchev–Trinajstić information content (AvgIpc) is 2.27. The SMILES string of the molecule is CCCCC(CC)Cn1c(=O)cc(Cl)[nH]c1=O. The fraction of sp³-hybridized carbons (Fsp3) is 0.667. The minimum absolute atomic E-state index is 0.0952. The molecule has 1 rings (SSSR count). The van der Waals surface area contributed by atoms with Crippen molar-refractivity contribution in [2.45, 2.75) is 46.1 Å². The third-order valence-corrected chi connectivity index (χ3v) is 3.18. The molecule has 0 saturated heterocycles. The number of halogens is 1. The summed E-state index contributed by atoms with van der Waals surface area (Å²) in [5.74, 6) is 0.370. The summed E-state index contributed by atoms with van der Waals surface area (Å²) >= 11 is 5.61. The van der Waals surface area contributed by atoms with E-state index < -0.39 is 5.69 Å². The molecule has 0 aliphatic rings. The number of unbranched alkanes of at least 4 members (excludes halogenated alkanes) is 1. The number of H-pyrrole nitrogens is 1. The van der Waals surface area contributed by atoms with Crippen molar-refractivity contribution in [2.24, 2.45) is 5.92 Å². The van der Waals surface area contributed by atoms with Crippen molar-refractivity contribution in [1.29, 1.82) is 0 Å². The van der Waals surface area contributed by atoms with E-state index >= 15 is 0 Å². The van der Waals surface area contributed by atoms with E-state index in [1.54, 1.807) is 0 Å². The summed E-state index contributed by atoms with van der Waals surface area (Å²) in [5, 5.41) is 0.0952. The molecule has 0 radical (unpaired) electrons. The lowest BCUT2D eigenvalue weighted by Gasteiger charge is -2.15. The van der Waals surface area contributed by atoms with Gasteiger partial charge < -0.3 is 0 Å². The first kappa shape index (κ1) is 14.0. The molecule has 0 spiro atoms. The Balaban J connectivity index is 2.86. The molecule has 0 amide bonds. The number of hydrogen-bond acceptors (Lipinski definition) is 2. The third-order valence-electron chi connectivity index (χ3n) is 2.97. The fourth-order valence-electron chi connectivity index (χ4n) is 1.84. The minimum atomic E-state index is -0.419. The summed E-state index contributed by atoms with van der Waals surface area (Å²) < 4.78 is 1.23. The highest BCUT2D eigenvalue weighted by atomic mass is 35.5. The van der Waals surface area contributed by atoms with Crippen molar-refractivity contribution in [1.82, 2.24) is 9.55 Å². The first-order valence-corrected chi connectivity index (χ1v) is 6.45. The number of nitrogens with one attached hydrogen (secondary N) is 1. The molecule has 17 heavy (non-hydrogen) atoms. The van der Waals surface area contributed by atoms with Gasteiger partial charge in [-0.25, -0.2) is 4.79 Å². The lowest BCUT2D eigenvalue weighted by atomic mass is 9.99. The van der Waals surface area contributed by atoms with Gasteiger partial charge in [-0.2, -0.15) is 0 Å². The first-order chi connectivity index (χ1) is 8.08. The Morgan fingerprint density at radius 1 is 1.41 bits per heavy atom. The molecule has 0 aliphatic heterocycles. The Morgan fingerprint density at radius 2 is 2.12 bits per heavy atom. The van der Waals surface area contributed by atoms with Crippen molar-refractivity contribution in [2.75, 3.05) is 0 Å². The van der Waals surface area contributed by atoms with E-state index in [-0.39, 0.29) is 10.7 Å². The summed E-state index contributed by atoms with van der Waals surface area (Å²) in [7, 11) is 0. The van der Waals surface area contributed by atoms with Gasteiger partial charge in [0.2, 0.25) is 0 Å². The Hall–Kier alpha value is -1.03. The van der Waals surface area contributed by atoms with Crippen LogP contribution in [0.2, 0.25) is 5.15 Å². The van der Waals surface area contributed by atoms with Crippen LogP contribution in [0.3, 0.4) is 0 Å². The monoisotopic (exact) mass is 258 g/mol. The lowest BCUT2D eigenvalue weighted by molar-refractivity contribution is 0.377. The highest BCUT2D eigenvalue weighted by Crippen LogP contribution is 2.13. The van der Waals surface area contributed by atoms with Crippen LogP contribution in [-0.2, 0) is 6.54 Å². The predicted molar refractivity (Wildman–Crippen MR) is 69.6 cm³/mol. The van der Waals surface area contributed by atoms with Gasteiger partial charge in [0.15, 0.2) is 0 Å². The topological polar surface area (TPSA) is 54.9 Å². The van der Waals surface area contributed by atoms with E-state index in [1.807, 2.05) is 0 Å². The standard InChI is InChI=1S/C12H19ClN2O2/c1-3-5-6-9(4-2)8-15-11(16)7-10(13)14-12(15)17/h7,9H,3-6,8H2,1-2H3,(H,14,17).